The zero-order chi connectivity index (χ0) is 14.7. The number of thiazole rings is 1. The van der Waals surface area contributed by atoms with Crippen LogP contribution in [0, 0.1) is 0 Å². The van der Waals surface area contributed by atoms with Gasteiger partial charge in [-0.25, -0.2) is 4.98 Å². The van der Waals surface area contributed by atoms with E-state index >= 15 is 0 Å². The third-order valence-corrected chi connectivity index (χ3v) is 4.04. The number of halogens is 1. The Hall–Kier alpha value is -1.88. The number of benzene rings is 2. The molecule has 0 saturated heterocycles. The van der Waals surface area contributed by atoms with Gasteiger partial charge in [0.1, 0.15) is 0 Å². The van der Waals surface area contributed by atoms with Crippen molar-refractivity contribution in [2.24, 2.45) is 0 Å². The second-order valence-corrected chi connectivity index (χ2v) is 5.82. The molecule has 0 fully saturated rings. The normalized spacial score (nSPS) is 10.6. The zero-order valence-corrected chi connectivity index (χ0v) is 12.7. The molecule has 5 heteroatoms. The molecule has 3 nitrogen and oxygen atoms in total. The molecule has 0 radical (unpaired) electrons. The first-order chi connectivity index (χ1) is 10.2. The van der Waals surface area contributed by atoms with Gasteiger partial charge < -0.3 is 10.4 Å². The lowest BCUT2D eigenvalue weighted by atomic mass is 10.2. The molecule has 1 aromatic heterocycles. The van der Waals surface area contributed by atoms with Gasteiger partial charge in [-0.1, -0.05) is 35.9 Å². The van der Waals surface area contributed by atoms with E-state index in [9.17, 15) is 0 Å². The van der Waals surface area contributed by atoms with Crippen LogP contribution in [0.4, 0.5) is 10.8 Å². The summed E-state index contributed by atoms with van der Waals surface area (Å²) in [7, 11) is 0. The number of nitrogens with one attached hydrogen (secondary N) is 1. The Morgan fingerprint density at radius 3 is 2.43 bits per heavy atom. The first-order valence-corrected chi connectivity index (χ1v) is 7.68. The fourth-order valence-electron chi connectivity index (χ4n) is 1.90. The van der Waals surface area contributed by atoms with E-state index in [4.69, 9.17) is 16.7 Å². The highest BCUT2D eigenvalue weighted by atomic mass is 35.5. The van der Waals surface area contributed by atoms with Crippen molar-refractivity contribution in [3.8, 4) is 11.3 Å². The Morgan fingerprint density at radius 2 is 1.76 bits per heavy atom. The lowest BCUT2D eigenvalue weighted by Gasteiger charge is -2.03. The summed E-state index contributed by atoms with van der Waals surface area (Å²) in [5.41, 5.74) is 3.80. The molecule has 0 bridgehead atoms. The van der Waals surface area contributed by atoms with Gasteiger partial charge in [0.25, 0.3) is 0 Å². The van der Waals surface area contributed by atoms with Gasteiger partial charge in [0.2, 0.25) is 0 Å². The van der Waals surface area contributed by atoms with E-state index in [2.05, 4.69) is 10.3 Å². The minimum absolute atomic E-state index is 0.0538. The molecule has 0 aliphatic carbocycles. The van der Waals surface area contributed by atoms with Crippen molar-refractivity contribution in [3.05, 3.63) is 64.5 Å². The minimum atomic E-state index is 0.0538. The van der Waals surface area contributed by atoms with Crippen molar-refractivity contribution in [1.29, 1.82) is 0 Å². The first-order valence-electron chi connectivity index (χ1n) is 6.43. The molecule has 2 N–H and O–H groups in total. The molecule has 0 amide bonds. The fourth-order valence-corrected chi connectivity index (χ4v) is 2.77. The van der Waals surface area contributed by atoms with E-state index in [-0.39, 0.29) is 6.61 Å². The monoisotopic (exact) mass is 316 g/mol. The van der Waals surface area contributed by atoms with Crippen molar-refractivity contribution in [3.63, 3.8) is 0 Å². The Labute approximate surface area is 131 Å². The Bertz CT molecular complexity index is 723. The van der Waals surface area contributed by atoms with Gasteiger partial charge in [-0.05, 0) is 29.8 Å². The molecular weight excluding hydrogens is 304 g/mol. The number of anilines is 2. The summed E-state index contributed by atoms with van der Waals surface area (Å²) in [6.45, 7) is 0.0538. The Morgan fingerprint density at radius 1 is 1.05 bits per heavy atom. The smallest absolute Gasteiger partial charge is 0.187 e. The standard InChI is InChI=1S/C16H13ClN2OS/c17-13-5-3-12(4-6-13)15-10-21-16(19-15)18-14-7-1-11(9-20)2-8-14/h1-8,10,20H,9H2,(H,18,19). The number of aliphatic hydroxyl groups is 1. The van der Waals surface area contributed by atoms with E-state index in [1.165, 1.54) is 0 Å². The molecular formula is C16H13ClN2OS. The van der Waals surface area contributed by atoms with Crippen LogP contribution in [-0.4, -0.2) is 10.1 Å². The molecule has 3 aromatic rings. The number of hydrogen-bond donors (Lipinski definition) is 2. The Kier molecular flexibility index (Phi) is 4.20. The van der Waals surface area contributed by atoms with Crippen molar-refractivity contribution in [2.45, 2.75) is 6.61 Å². The predicted octanol–water partition coefficient (Wildman–Crippen LogP) is 4.70. The highest BCUT2D eigenvalue weighted by Crippen LogP contribution is 2.28. The molecule has 1 heterocycles. The molecule has 0 unspecified atom stereocenters. The largest absolute Gasteiger partial charge is 0.392 e. The number of nitrogens with zero attached hydrogens (tertiary/aromatic N) is 1. The van der Waals surface area contributed by atoms with Gasteiger partial charge in [-0.15, -0.1) is 11.3 Å². The lowest BCUT2D eigenvalue weighted by molar-refractivity contribution is 0.282. The van der Waals surface area contributed by atoms with Gasteiger partial charge in [-0.2, -0.15) is 0 Å². The van der Waals surface area contributed by atoms with Gasteiger partial charge in [0.05, 0.1) is 12.3 Å². The van der Waals surface area contributed by atoms with Crippen LogP contribution >= 0.6 is 22.9 Å². The van der Waals surface area contributed by atoms with Crippen LogP contribution < -0.4 is 5.32 Å². The maximum atomic E-state index is 9.03. The summed E-state index contributed by atoms with van der Waals surface area (Å²) >= 11 is 7.44. The van der Waals surface area contributed by atoms with Crippen LogP contribution in [0.5, 0.6) is 0 Å². The molecule has 21 heavy (non-hydrogen) atoms. The summed E-state index contributed by atoms with van der Waals surface area (Å²) in [6, 6.07) is 15.2. The zero-order valence-electron chi connectivity index (χ0n) is 11.1. The second-order valence-electron chi connectivity index (χ2n) is 4.52. The van der Waals surface area contributed by atoms with Crippen molar-refractivity contribution < 1.29 is 5.11 Å². The molecule has 0 atom stereocenters. The number of aromatic nitrogens is 1. The highest BCUT2D eigenvalue weighted by molar-refractivity contribution is 7.14. The van der Waals surface area contributed by atoms with Gasteiger partial charge in [0.15, 0.2) is 5.13 Å². The quantitative estimate of drug-likeness (QED) is 0.733. The van der Waals surface area contributed by atoms with Gasteiger partial charge in [0, 0.05) is 21.7 Å². The van der Waals surface area contributed by atoms with Crippen molar-refractivity contribution in [1.82, 2.24) is 4.98 Å². The van der Waals surface area contributed by atoms with Crippen LogP contribution in [0.3, 0.4) is 0 Å². The molecule has 3 rings (SSSR count). The minimum Gasteiger partial charge on any atom is -0.392 e. The van der Waals surface area contributed by atoms with Crippen LogP contribution in [0.2, 0.25) is 5.02 Å². The second kappa shape index (κ2) is 6.26. The van der Waals surface area contributed by atoms with Crippen LogP contribution in [0.15, 0.2) is 53.9 Å². The number of aliphatic hydroxyl groups excluding tert-OH is 1. The summed E-state index contributed by atoms with van der Waals surface area (Å²) in [6.07, 6.45) is 0. The van der Waals surface area contributed by atoms with E-state index in [1.54, 1.807) is 11.3 Å². The summed E-state index contributed by atoms with van der Waals surface area (Å²) in [4.78, 5) is 4.56. The van der Waals surface area contributed by atoms with Crippen molar-refractivity contribution >= 4 is 33.8 Å². The molecule has 0 aliphatic rings. The number of rotatable bonds is 4. The third-order valence-electron chi connectivity index (χ3n) is 3.03. The molecule has 106 valence electrons. The van der Waals surface area contributed by atoms with Crippen LogP contribution in [0.1, 0.15) is 5.56 Å². The maximum absolute atomic E-state index is 9.03. The van der Waals surface area contributed by atoms with E-state index < -0.39 is 0 Å². The molecule has 2 aromatic carbocycles. The van der Waals surface area contributed by atoms with Gasteiger partial charge >= 0.3 is 0 Å². The summed E-state index contributed by atoms with van der Waals surface area (Å²) in [5.74, 6) is 0. The van der Waals surface area contributed by atoms with Crippen LogP contribution in [0.25, 0.3) is 11.3 Å². The fraction of sp³-hybridized carbons (Fsp3) is 0.0625. The Balaban J connectivity index is 1.76. The lowest BCUT2D eigenvalue weighted by Crippen LogP contribution is -1.90. The number of hydrogen-bond acceptors (Lipinski definition) is 4. The van der Waals surface area contributed by atoms with Crippen molar-refractivity contribution in [2.75, 3.05) is 5.32 Å². The summed E-state index contributed by atoms with van der Waals surface area (Å²) < 4.78 is 0. The van der Waals surface area contributed by atoms with Gasteiger partial charge in [-0.3, -0.25) is 0 Å². The molecule has 0 aliphatic heterocycles. The maximum Gasteiger partial charge on any atom is 0.187 e. The van der Waals surface area contributed by atoms with Crippen LogP contribution in [-0.2, 0) is 6.61 Å². The third kappa shape index (κ3) is 3.42. The average Bonchev–Trinajstić information content (AvgIpc) is 2.97. The SMILES string of the molecule is OCc1ccc(Nc2nc(-c3ccc(Cl)cc3)cs2)cc1. The van der Waals surface area contributed by atoms with E-state index in [1.807, 2.05) is 53.9 Å². The predicted molar refractivity (Wildman–Crippen MR) is 88.2 cm³/mol. The van der Waals surface area contributed by atoms with E-state index in [0.29, 0.717) is 0 Å². The average molecular weight is 317 g/mol. The molecule has 0 saturated carbocycles. The summed E-state index contributed by atoms with van der Waals surface area (Å²) in [5, 5.41) is 15.8. The topological polar surface area (TPSA) is 45.1 Å². The highest BCUT2D eigenvalue weighted by Gasteiger charge is 2.05. The van der Waals surface area contributed by atoms with E-state index in [0.717, 1.165) is 32.7 Å². The first kappa shape index (κ1) is 14.1. The molecule has 0 spiro atoms.